The van der Waals surface area contributed by atoms with E-state index < -0.39 is 0 Å². The van der Waals surface area contributed by atoms with E-state index in [1.807, 2.05) is 0 Å². The Morgan fingerprint density at radius 1 is 1.24 bits per heavy atom. The third-order valence-corrected chi connectivity index (χ3v) is 4.23. The molecule has 2 heteroatoms. The van der Waals surface area contributed by atoms with Crippen molar-refractivity contribution in [3.8, 4) is 0 Å². The molecule has 1 aliphatic heterocycles. The van der Waals surface area contributed by atoms with Crippen LogP contribution in [0.3, 0.4) is 0 Å². The minimum absolute atomic E-state index is 0.337. The Kier molecular flexibility index (Phi) is 2.72. The molecule has 0 saturated carbocycles. The van der Waals surface area contributed by atoms with Crippen LogP contribution in [0.15, 0.2) is 24.3 Å². The maximum absolute atomic E-state index is 5.27. The zero-order valence-electron chi connectivity index (χ0n) is 10.7. The van der Waals surface area contributed by atoms with Crippen molar-refractivity contribution in [3.05, 3.63) is 35.4 Å². The summed E-state index contributed by atoms with van der Waals surface area (Å²) < 4.78 is 5.27. The molecule has 92 valence electrons. The van der Waals surface area contributed by atoms with Crippen molar-refractivity contribution < 1.29 is 4.74 Å². The van der Waals surface area contributed by atoms with Gasteiger partial charge in [-0.2, -0.15) is 0 Å². The van der Waals surface area contributed by atoms with E-state index in [4.69, 9.17) is 4.74 Å². The maximum Gasteiger partial charge on any atom is 0.0643 e. The number of fused-ring (bicyclic) bond motifs is 1. The minimum atomic E-state index is 0.337. The lowest BCUT2D eigenvalue weighted by atomic mass is 9.70. The predicted molar refractivity (Wildman–Crippen MR) is 69.0 cm³/mol. The molecule has 0 spiro atoms. The van der Waals surface area contributed by atoms with Crippen molar-refractivity contribution in [2.45, 2.75) is 38.8 Å². The fourth-order valence-electron chi connectivity index (χ4n) is 2.95. The van der Waals surface area contributed by atoms with E-state index in [1.165, 1.54) is 24.0 Å². The van der Waals surface area contributed by atoms with Gasteiger partial charge in [-0.15, -0.1) is 0 Å². The van der Waals surface area contributed by atoms with Crippen LogP contribution in [-0.4, -0.2) is 19.3 Å². The molecule has 1 heterocycles. The van der Waals surface area contributed by atoms with E-state index in [9.17, 15) is 0 Å². The molecule has 1 aromatic carbocycles. The van der Waals surface area contributed by atoms with E-state index in [2.05, 4.69) is 43.4 Å². The summed E-state index contributed by atoms with van der Waals surface area (Å²) >= 11 is 0. The van der Waals surface area contributed by atoms with Gasteiger partial charge >= 0.3 is 0 Å². The first-order chi connectivity index (χ1) is 8.17. The Morgan fingerprint density at radius 2 is 2.00 bits per heavy atom. The van der Waals surface area contributed by atoms with Gasteiger partial charge < -0.3 is 10.1 Å². The van der Waals surface area contributed by atoms with E-state index in [0.29, 0.717) is 17.5 Å². The largest absolute Gasteiger partial charge is 0.378 e. The average molecular weight is 231 g/mol. The molecule has 0 bridgehead atoms. The van der Waals surface area contributed by atoms with Crippen molar-refractivity contribution in [1.29, 1.82) is 0 Å². The van der Waals surface area contributed by atoms with Crippen LogP contribution >= 0.6 is 0 Å². The number of benzene rings is 1. The lowest BCUT2D eigenvalue weighted by Gasteiger charge is -2.44. The molecule has 2 aliphatic rings. The van der Waals surface area contributed by atoms with E-state index in [-0.39, 0.29) is 0 Å². The SMILES string of the molecule is CC1(C)CCc2ccccc2C1NC1COC1. The zero-order chi connectivity index (χ0) is 11.9. The molecular weight excluding hydrogens is 210 g/mol. The van der Waals surface area contributed by atoms with Gasteiger partial charge in [-0.3, -0.25) is 0 Å². The number of rotatable bonds is 2. The highest BCUT2D eigenvalue weighted by molar-refractivity contribution is 5.34. The van der Waals surface area contributed by atoms with Gasteiger partial charge in [-0.1, -0.05) is 38.1 Å². The molecule has 3 rings (SSSR count). The van der Waals surface area contributed by atoms with Crippen LogP contribution in [0.5, 0.6) is 0 Å². The summed E-state index contributed by atoms with van der Waals surface area (Å²) in [7, 11) is 0. The van der Waals surface area contributed by atoms with Crippen LogP contribution in [0, 0.1) is 5.41 Å². The monoisotopic (exact) mass is 231 g/mol. The first kappa shape index (κ1) is 11.2. The van der Waals surface area contributed by atoms with E-state index >= 15 is 0 Å². The van der Waals surface area contributed by atoms with Gasteiger partial charge in [0, 0.05) is 6.04 Å². The second kappa shape index (κ2) is 4.11. The lowest BCUT2D eigenvalue weighted by Crippen LogP contribution is -2.51. The molecule has 1 fully saturated rings. The molecule has 0 aromatic heterocycles. The summed E-state index contributed by atoms with van der Waals surface area (Å²) in [5.74, 6) is 0. The van der Waals surface area contributed by atoms with E-state index in [0.717, 1.165) is 13.2 Å². The summed E-state index contributed by atoms with van der Waals surface area (Å²) in [5, 5.41) is 3.78. The summed E-state index contributed by atoms with van der Waals surface area (Å²) in [6.07, 6.45) is 2.47. The molecule has 1 N–H and O–H groups in total. The zero-order valence-corrected chi connectivity index (χ0v) is 10.7. The summed E-state index contributed by atoms with van der Waals surface area (Å²) in [6.45, 7) is 6.49. The Labute approximate surface area is 103 Å². The first-order valence-electron chi connectivity index (χ1n) is 6.58. The normalized spacial score (nSPS) is 27.3. The standard InChI is InChI=1S/C15H21NO/c1-15(2)8-7-11-5-3-4-6-13(11)14(15)16-12-9-17-10-12/h3-6,12,14,16H,7-10H2,1-2H3. The second-order valence-corrected chi connectivity index (χ2v) is 6.02. The van der Waals surface area contributed by atoms with Gasteiger partial charge in [0.15, 0.2) is 0 Å². The average Bonchev–Trinajstić information content (AvgIpc) is 2.25. The summed E-state index contributed by atoms with van der Waals surface area (Å²) in [5.41, 5.74) is 3.35. The molecule has 1 aromatic rings. The summed E-state index contributed by atoms with van der Waals surface area (Å²) in [6, 6.07) is 9.89. The van der Waals surface area contributed by atoms with Crippen LogP contribution < -0.4 is 5.32 Å². The topological polar surface area (TPSA) is 21.3 Å². The molecule has 0 amide bonds. The van der Waals surface area contributed by atoms with Crippen LogP contribution in [-0.2, 0) is 11.2 Å². The quantitative estimate of drug-likeness (QED) is 0.845. The number of ether oxygens (including phenoxy) is 1. The molecular formula is C15H21NO. The maximum atomic E-state index is 5.27. The fraction of sp³-hybridized carbons (Fsp3) is 0.600. The fourth-order valence-corrected chi connectivity index (χ4v) is 2.95. The number of hydrogen-bond acceptors (Lipinski definition) is 2. The van der Waals surface area contributed by atoms with Gasteiger partial charge in [-0.05, 0) is 29.4 Å². The Morgan fingerprint density at radius 3 is 2.71 bits per heavy atom. The Hall–Kier alpha value is -0.860. The highest BCUT2D eigenvalue weighted by atomic mass is 16.5. The van der Waals surface area contributed by atoms with Gasteiger partial charge in [-0.25, -0.2) is 0 Å². The number of nitrogens with one attached hydrogen (secondary N) is 1. The van der Waals surface area contributed by atoms with Crippen molar-refractivity contribution >= 4 is 0 Å². The molecule has 1 unspecified atom stereocenters. The molecule has 2 nitrogen and oxygen atoms in total. The Bertz CT molecular complexity index is 409. The highest BCUT2D eigenvalue weighted by Crippen LogP contribution is 2.43. The Balaban J connectivity index is 1.90. The van der Waals surface area contributed by atoms with Gasteiger partial charge in [0.25, 0.3) is 0 Å². The van der Waals surface area contributed by atoms with Gasteiger partial charge in [0.05, 0.1) is 19.3 Å². The second-order valence-electron chi connectivity index (χ2n) is 6.02. The molecule has 1 atom stereocenters. The predicted octanol–water partition coefficient (Wildman–Crippen LogP) is 2.69. The van der Waals surface area contributed by atoms with Crippen LogP contribution in [0.25, 0.3) is 0 Å². The minimum Gasteiger partial charge on any atom is -0.378 e. The third-order valence-electron chi connectivity index (χ3n) is 4.23. The van der Waals surface area contributed by atoms with Crippen molar-refractivity contribution in [2.24, 2.45) is 5.41 Å². The molecule has 1 aliphatic carbocycles. The third kappa shape index (κ3) is 2.00. The van der Waals surface area contributed by atoms with Crippen LogP contribution in [0.1, 0.15) is 37.4 Å². The molecule has 0 radical (unpaired) electrons. The van der Waals surface area contributed by atoms with Crippen molar-refractivity contribution in [1.82, 2.24) is 5.32 Å². The van der Waals surface area contributed by atoms with Crippen molar-refractivity contribution in [3.63, 3.8) is 0 Å². The van der Waals surface area contributed by atoms with Crippen molar-refractivity contribution in [2.75, 3.05) is 13.2 Å². The van der Waals surface area contributed by atoms with Gasteiger partial charge in [0.2, 0.25) is 0 Å². The number of hydrogen-bond donors (Lipinski definition) is 1. The van der Waals surface area contributed by atoms with Crippen LogP contribution in [0.4, 0.5) is 0 Å². The lowest BCUT2D eigenvalue weighted by molar-refractivity contribution is -0.0193. The number of aryl methyl sites for hydroxylation is 1. The van der Waals surface area contributed by atoms with E-state index in [1.54, 1.807) is 0 Å². The molecule has 17 heavy (non-hydrogen) atoms. The summed E-state index contributed by atoms with van der Waals surface area (Å²) in [4.78, 5) is 0. The highest BCUT2D eigenvalue weighted by Gasteiger charge is 2.37. The smallest absolute Gasteiger partial charge is 0.0643 e. The molecule has 1 saturated heterocycles. The van der Waals surface area contributed by atoms with Crippen LogP contribution in [0.2, 0.25) is 0 Å². The first-order valence-corrected chi connectivity index (χ1v) is 6.58. The van der Waals surface area contributed by atoms with Gasteiger partial charge in [0.1, 0.15) is 0 Å².